The third kappa shape index (κ3) is 6.09. The molecule has 0 saturated carbocycles. The number of tetrazole rings is 1. The normalized spacial score (nSPS) is 12.8. The summed E-state index contributed by atoms with van der Waals surface area (Å²) in [5.41, 5.74) is 4.40. The van der Waals surface area contributed by atoms with Crippen LogP contribution in [0.2, 0.25) is 5.15 Å². The number of esters is 1. The number of carbonyl (C=O) groups excluding carboxylic acids is 1. The number of methoxy groups -OCH3 is 1. The van der Waals surface area contributed by atoms with E-state index in [2.05, 4.69) is 56.4 Å². The first-order valence-corrected chi connectivity index (χ1v) is 14.7. The second kappa shape index (κ2) is 13.3. The minimum Gasteiger partial charge on any atom is -0.467 e. The zero-order chi connectivity index (χ0) is 30.4. The Morgan fingerprint density at radius 2 is 1.67 bits per heavy atom. The number of rotatable bonds is 12. The molecule has 0 aliphatic rings. The van der Waals surface area contributed by atoms with E-state index in [1.807, 2.05) is 73.6 Å². The topological polar surface area (TPSA) is 102 Å². The molecule has 0 bridgehead atoms. The molecule has 0 aliphatic heterocycles. The summed E-state index contributed by atoms with van der Waals surface area (Å²) in [4.78, 5) is 20.5. The van der Waals surface area contributed by atoms with Gasteiger partial charge in [-0.15, -0.1) is 10.2 Å². The maximum atomic E-state index is 13.8. The number of nitrogens with zero attached hydrogens (tertiary/aromatic N) is 6. The van der Waals surface area contributed by atoms with Gasteiger partial charge in [-0.05, 0) is 48.0 Å². The fourth-order valence-corrected chi connectivity index (χ4v) is 5.96. The molecule has 0 aliphatic carbocycles. The van der Waals surface area contributed by atoms with E-state index in [1.165, 1.54) is 7.11 Å². The highest BCUT2D eigenvalue weighted by atomic mass is 35.5. The van der Waals surface area contributed by atoms with Crippen LogP contribution in [0.3, 0.4) is 0 Å². The van der Waals surface area contributed by atoms with Crippen molar-refractivity contribution in [3.05, 3.63) is 107 Å². The van der Waals surface area contributed by atoms with E-state index in [1.54, 1.807) is 0 Å². The Balaban J connectivity index is 1.59. The van der Waals surface area contributed by atoms with Crippen molar-refractivity contribution < 1.29 is 9.53 Å². The van der Waals surface area contributed by atoms with Crippen LogP contribution in [-0.2, 0) is 34.5 Å². The van der Waals surface area contributed by atoms with Gasteiger partial charge in [0.1, 0.15) is 5.82 Å². The van der Waals surface area contributed by atoms with Crippen LogP contribution in [0.15, 0.2) is 78.9 Å². The predicted molar refractivity (Wildman–Crippen MR) is 168 cm³/mol. The molecule has 222 valence electrons. The Hall–Kier alpha value is -4.34. The quantitative estimate of drug-likeness (QED) is 0.177. The second-order valence-corrected chi connectivity index (χ2v) is 11.1. The number of halogens is 1. The third-order valence-electron chi connectivity index (χ3n) is 7.86. The number of hydrogen-bond acceptors (Lipinski definition) is 7. The van der Waals surface area contributed by atoms with Crippen molar-refractivity contribution in [2.45, 2.75) is 44.7 Å². The molecule has 10 heteroatoms. The minimum atomic E-state index is -1.20. The van der Waals surface area contributed by atoms with Crippen molar-refractivity contribution in [3.63, 3.8) is 0 Å². The van der Waals surface area contributed by atoms with E-state index >= 15 is 0 Å². The lowest BCUT2D eigenvalue weighted by molar-refractivity contribution is -0.155. The van der Waals surface area contributed by atoms with Crippen LogP contribution < -0.4 is 0 Å². The van der Waals surface area contributed by atoms with Gasteiger partial charge in [0.2, 0.25) is 5.82 Å². The highest BCUT2D eigenvalue weighted by Crippen LogP contribution is 2.38. The molecule has 0 spiro atoms. The molecule has 5 rings (SSSR count). The number of aryl methyl sites for hydroxylation is 1. The van der Waals surface area contributed by atoms with Crippen molar-refractivity contribution in [1.29, 1.82) is 0 Å². The van der Waals surface area contributed by atoms with Crippen LogP contribution in [-0.4, -0.2) is 62.2 Å². The Morgan fingerprint density at radius 1 is 0.977 bits per heavy atom. The summed E-state index contributed by atoms with van der Waals surface area (Å²) < 4.78 is 7.57. The van der Waals surface area contributed by atoms with Gasteiger partial charge in [-0.3, -0.25) is 4.90 Å². The van der Waals surface area contributed by atoms with Crippen LogP contribution in [0.4, 0.5) is 0 Å². The smallest absolute Gasteiger partial charge is 0.332 e. The average molecular weight is 598 g/mol. The summed E-state index contributed by atoms with van der Waals surface area (Å²) in [5, 5.41) is 14.9. The van der Waals surface area contributed by atoms with Crippen molar-refractivity contribution >= 4 is 17.6 Å². The SMILES string of the molecule is CCCCc1nc(Cl)c([C@@](Cc2ccccc2)(C(=O)OC)N(C)C)n1Cc1ccc(-c2ccccc2-c2nn[nH]n2)cc1. The number of likely N-dealkylation sites (N-methyl/N-ethyl adjacent to an activating group) is 1. The van der Waals surface area contributed by atoms with E-state index in [0.29, 0.717) is 29.6 Å². The van der Waals surface area contributed by atoms with Gasteiger partial charge in [-0.1, -0.05) is 104 Å². The zero-order valence-electron chi connectivity index (χ0n) is 24.9. The fourth-order valence-electron chi connectivity index (χ4n) is 5.60. The number of unbranched alkanes of at least 4 members (excludes halogenated alkanes) is 1. The maximum absolute atomic E-state index is 13.8. The van der Waals surface area contributed by atoms with Crippen molar-refractivity contribution in [1.82, 2.24) is 35.1 Å². The summed E-state index contributed by atoms with van der Waals surface area (Å²) in [6.07, 6.45) is 3.07. The molecule has 3 aromatic carbocycles. The molecule has 0 radical (unpaired) electrons. The van der Waals surface area contributed by atoms with Crippen LogP contribution in [0.1, 0.15) is 42.4 Å². The zero-order valence-corrected chi connectivity index (χ0v) is 25.7. The van der Waals surface area contributed by atoms with Crippen molar-refractivity contribution in [2.24, 2.45) is 0 Å². The fraction of sp³-hybridized carbons (Fsp3) is 0.303. The monoisotopic (exact) mass is 597 g/mol. The largest absolute Gasteiger partial charge is 0.467 e. The lowest BCUT2D eigenvalue weighted by Crippen LogP contribution is -2.52. The highest BCUT2D eigenvalue weighted by molar-refractivity contribution is 6.30. The third-order valence-corrected chi connectivity index (χ3v) is 8.12. The number of nitrogens with one attached hydrogen (secondary N) is 1. The number of H-pyrrole nitrogens is 1. The molecule has 9 nitrogen and oxygen atoms in total. The van der Waals surface area contributed by atoms with Gasteiger partial charge in [0.25, 0.3) is 0 Å². The van der Waals surface area contributed by atoms with E-state index in [0.717, 1.165) is 52.9 Å². The van der Waals surface area contributed by atoms with E-state index in [-0.39, 0.29) is 5.97 Å². The molecule has 5 aromatic rings. The first kappa shape index (κ1) is 30.1. The Kier molecular flexibility index (Phi) is 9.33. The number of imidazole rings is 1. The maximum Gasteiger partial charge on any atom is 0.332 e. The number of hydrogen-bond donors (Lipinski definition) is 1. The van der Waals surface area contributed by atoms with Gasteiger partial charge in [-0.25, -0.2) is 9.78 Å². The van der Waals surface area contributed by atoms with Gasteiger partial charge in [0.15, 0.2) is 10.7 Å². The van der Waals surface area contributed by atoms with Crippen LogP contribution in [0, 0.1) is 0 Å². The van der Waals surface area contributed by atoms with Gasteiger partial charge in [0, 0.05) is 24.9 Å². The van der Waals surface area contributed by atoms with Gasteiger partial charge in [0.05, 0.1) is 12.8 Å². The van der Waals surface area contributed by atoms with Crippen LogP contribution in [0.5, 0.6) is 0 Å². The second-order valence-electron chi connectivity index (χ2n) is 10.7. The van der Waals surface area contributed by atoms with Gasteiger partial charge >= 0.3 is 5.97 Å². The molecule has 0 amide bonds. The number of benzene rings is 3. The molecule has 1 atom stereocenters. The molecule has 0 saturated heterocycles. The first-order valence-electron chi connectivity index (χ1n) is 14.4. The molecule has 0 fully saturated rings. The summed E-state index contributed by atoms with van der Waals surface area (Å²) >= 11 is 6.98. The number of aromatic amines is 1. The molecular weight excluding hydrogens is 562 g/mol. The first-order chi connectivity index (χ1) is 20.9. The molecular formula is C33H36ClN7O2. The summed E-state index contributed by atoms with van der Waals surface area (Å²) in [6.45, 7) is 2.64. The van der Waals surface area contributed by atoms with Gasteiger partial charge in [-0.2, -0.15) is 5.21 Å². The lowest BCUT2D eigenvalue weighted by atomic mass is 9.86. The Bertz CT molecular complexity index is 1650. The molecule has 1 N–H and O–H groups in total. The summed E-state index contributed by atoms with van der Waals surface area (Å²) in [5.74, 6) is 0.996. The van der Waals surface area contributed by atoms with Gasteiger partial charge < -0.3 is 9.30 Å². The van der Waals surface area contributed by atoms with Crippen molar-refractivity contribution in [2.75, 3.05) is 21.2 Å². The average Bonchev–Trinajstić information content (AvgIpc) is 3.67. The molecule has 43 heavy (non-hydrogen) atoms. The Labute approximate surface area is 256 Å². The van der Waals surface area contributed by atoms with E-state index < -0.39 is 5.54 Å². The summed E-state index contributed by atoms with van der Waals surface area (Å²) in [6, 6.07) is 26.3. The highest BCUT2D eigenvalue weighted by Gasteiger charge is 2.49. The molecule has 2 aromatic heterocycles. The molecule has 0 unspecified atom stereocenters. The van der Waals surface area contributed by atoms with E-state index in [9.17, 15) is 4.79 Å². The van der Waals surface area contributed by atoms with Crippen LogP contribution in [0.25, 0.3) is 22.5 Å². The standard InChI is InChI=1S/C33H36ClN7O2/c1-5-6-16-28-35-30(34)29(33(40(2)3,32(42)43-4)21-23-12-8-7-9-13-23)41(28)22-24-17-19-25(20-18-24)26-14-10-11-15-27(26)31-36-38-39-37-31/h7-15,17-20H,5-6,16,21-22H2,1-4H3,(H,36,37,38,39)/t33-/m0/s1. The Morgan fingerprint density at radius 3 is 2.30 bits per heavy atom. The predicted octanol–water partition coefficient (Wildman–Crippen LogP) is 5.95. The van der Waals surface area contributed by atoms with Crippen molar-refractivity contribution in [3.8, 4) is 22.5 Å². The summed E-state index contributed by atoms with van der Waals surface area (Å²) in [7, 11) is 5.19. The number of aromatic nitrogens is 6. The van der Waals surface area contributed by atoms with Crippen LogP contribution >= 0.6 is 11.6 Å². The van der Waals surface area contributed by atoms with E-state index in [4.69, 9.17) is 21.3 Å². The lowest BCUT2D eigenvalue weighted by Gasteiger charge is -2.38. The number of carbonyl (C=O) groups is 1. The number of ether oxygens (including phenoxy) is 1. The minimum absolute atomic E-state index is 0.312. The molecule has 2 heterocycles.